The zero-order valence-electron chi connectivity index (χ0n) is 12.9. The highest BCUT2D eigenvalue weighted by Crippen LogP contribution is 2.25. The van der Waals surface area contributed by atoms with E-state index in [2.05, 4.69) is 20.5 Å². The van der Waals surface area contributed by atoms with Crippen molar-refractivity contribution < 1.29 is 4.39 Å². The second kappa shape index (κ2) is 6.55. The van der Waals surface area contributed by atoms with Crippen LogP contribution in [-0.4, -0.2) is 15.7 Å². The normalized spacial score (nSPS) is 11.7. The van der Waals surface area contributed by atoms with Crippen LogP contribution in [0.1, 0.15) is 22.5 Å². The van der Waals surface area contributed by atoms with Crippen molar-refractivity contribution in [1.29, 1.82) is 0 Å². The molecule has 4 nitrogen and oxygen atoms in total. The average molecular weight is 346 g/mol. The number of benzene rings is 1. The number of aryl methyl sites for hydroxylation is 2. The molecule has 0 fully saturated rings. The third kappa shape index (κ3) is 3.62. The number of hydrazone groups is 1. The Labute approximate surface area is 141 Å². The van der Waals surface area contributed by atoms with Crippen molar-refractivity contribution in [2.75, 3.05) is 5.43 Å². The molecular weight excluding hydrogens is 331 g/mol. The molecule has 3 aromatic rings. The highest BCUT2D eigenvalue weighted by atomic mass is 32.1. The van der Waals surface area contributed by atoms with Gasteiger partial charge in [-0.25, -0.2) is 14.4 Å². The van der Waals surface area contributed by atoms with Crippen LogP contribution < -0.4 is 5.43 Å². The van der Waals surface area contributed by atoms with E-state index in [0.29, 0.717) is 5.13 Å². The summed E-state index contributed by atoms with van der Waals surface area (Å²) in [4.78, 5) is 9.95. The van der Waals surface area contributed by atoms with Gasteiger partial charge < -0.3 is 0 Å². The lowest BCUT2D eigenvalue weighted by Crippen LogP contribution is -1.99. The molecule has 1 N–H and O–H groups in total. The van der Waals surface area contributed by atoms with Gasteiger partial charge in [-0.3, -0.25) is 5.43 Å². The molecule has 7 heteroatoms. The molecule has 0 aliphatic carbocycles. The number of rotatable bonds is 4. The summed E-state index contributed by atoms with van der Waals surface area (Å²) in [6.45, 7) is 5.91. The van der Waals surface area contributed by atoms with E-state index in [4.69, 9.17) is 0 Å². The topological polar surface area (TPSA) is 50.2 Å². The SMILES string of the molecule is C/C(=N\Nc1nc(-c2ccc(F)cc2)cs1)c1sc(C)nc1C. The quantitative estimate of drug-likeness (QED) is 0.542. The molecule has 1 aromatic carbocycles. The van der Waals surface area contributed by atoms with Gasteiger partial charge in [-0.15, -0.1) is 22.7 Å². The molecule has 0 atom stereocenters. The Kier molecular flexibility index (Phi) is 4.49. The minimum absolute atomic E-state index is 0.252. The third-order valence-corrected chi connectivity index (χ3v) is 5.12. The van der Waals surface area contributed by atoms with Gasteiger partial charge in [0.25, 0.3) is 0 Å². The van der Waals surface area contributed by atoms with Gasteiger partial charge in [-0.05, 0) is 45.0 Å². The number of aromatic nitrogens is 2. The third-order valence-electron chi connectivity index (χ3n) is 3.20. The smallest absolute Gasteiger partial charge is 0.203 e. The summed E-state index contributed by atoms with van der Waals surface area (Å²) in [5.41, 5.74) is 6.53. The Morgan fingerprint density at radius 1 is 1.17 bits per heavy atom. The molecule has 0 aliphatic rings. The molecule has 0 aliphatic heterocycles. The predicted octanol–water partition coefficient (Wildman–Crippen LogP) is 4.86. The predicted molar refractivity (Wildman–Crippen MR) is 94.9 cm³/mol. The van der Waals surface area contributed by atoms with E-state index in [-0.39, 0.29) is 5.82 Å². The van der Waals surface area contributed by atoms with Gasteiger partial charge in [0.05, 0.1) is 27.0 Å². The molecule has 0 spiro atoms. The second-order valence-electron chi connectivity index (χ2n) is 5.00. The minimum atomic E-state index is -0.252. The zero-order chi connectivity index (χ0) is 16.4. The highest BCUT2D eigenvalue weighted by molar-refractivity contribution is 7.14. The highest BCUT2D eigenvalue weighted by Gasteiger charge is 2.09. The molecule has 2 heterocycles. The average Bonchev–Trinajstić information content (AvgIpc) is 3.12. The molecule has 2 aromatic heterocycles. The van der Waals surface area contributed by atoms with Crippen molar-refractivity contribution in [2.45, 2.75) is 20.8 Å². The Hall–Kier alpha value is -2.12. The summed E-state index contributed by atoms with van der Waals surface area (Å²) in [6, 6.07) is 6.29. The van der Waals surface area contributed by atoms with Gasteiger partial charge in [0.2, 0.25) is 5.13 Å². The van der Waals surface area contributed by atoms with E-state index >= 15 is 0 Å². The molecule has 118 valence electrons. The van der Waals surface area contributed by atoms with Crippen LogP contribution >= 0.6 is 22.7 Å². The second-order valence-corrected chi connectivity index (χ2v) is 7.06. The molecule has 0 saturated heterocycles. The van der Waals surface area contributed by atoms with Crippen LogP contribution in [0, 0.1) is 19.7 Å². The van der Waals surface area contributed by atoms with E-state index in [9.17, 15) is 4.39 Å². The fraction of sp³-hybridized carbons (Fsp3) is 0.188. The Balaban J connectivity index is 1.75. The van der Waals surface area contributed by atoms with Crippen molar-refractivity contribution in [3.63, 3.8) is 0 Å². The summed E-state index contributed by atoms with van der Waals surface area (Å²) in [5, 5.41) is 8.03. The number of thiazole rings is 2. The minimum Gasteiger partial charge on any atom is -0.252 e. The van der Waals surface area contributed by atoms with E-state index in [1.54, 1.807) is 23.5 Å². The summed E-state index contributed by atoms with van der Waals surface area (Å²) in [5.74, 6) is -0.252. The zero-order valence-corrected chi connectivity index (χ0v) is 14.6. The lowest BCUT2D eigenvalue weighted by atomic mass is 10.2. The van der Waals surface area contributed by atoms with Crippen LogP contribution in [0.5, 0.6) is 0 Å². The summed E-state index contributed by atoms with van der Waals surface area (Å²) < 4.78 is 13.0. The van der Waals surface area contributed by atoms with Gasteiger partial charge in [0.1, 0.15) is 5.82 Å². The number of halogens is 1. The molecular formula is C16H15FN4S2. The molecule has 23 heavy (non-hydrogen) atoms. The first-order chi connectivity index (χ1) is 11.0. The van der Waals surface area contributed by atoms with E-state index in [0.717, 1.165) is 32.5 Å². The van der Waals surface area contributed by atoms with Gasteiger partial charge in [-0.2, -0.15) is 5.10 Å². The van der Waals surface area contributed by atoms with Crippen LogP contribution in [0.3, 0.4) is 0 Å². The molecule has 0 saturated carbocycles. The molecule has 0 unspecified atom stereocenters. The fourth-order valence-electron chi connectivity index (χ4n) is 2.13. The first-order valence-corrected chi connectivity index (χ1v) is 8.68. The maximum absolute atomic E-state index is 13.0. The number of nitrogens with zero attached hydrogens (tertiary/aromatic N) is 3. The summed E-state index contributed by atoms with van der Waals surface area (Å²) in [7, 11) is 0. The summed E-state index contributed by atoms with van der Waals surface area (Å²) >= 11 is 3.09. The Morgan fingerprint density at radius 2 is 1.91 bits per heavy atom. The first kappa shape index (κ1) is 15.8. The van der Waals surface area contributed by atoms with Crippen molar-refractivity contribution >= 4 is 33.5 Å². The van der Waals surface area contributed by atoms with Crippen molar-refractivity contribution in [1.82, 2.24) is 9.97 Å². The van der Waals surface area contributed by atoms with E-state index in [1.807, 2.05) is 26.2 Å². The lowest BCUT2D eigenvalue weighted by molar-refractivity contribution is 0.628. The number of nitrogens with one attached hydrogen (secondary N) is 1. The molecule has 0 bridgehead atoms. The molecule has 3 rings (SSSR count). The van der Waals surface area contributed by atoms with Crippen LogP contribution in [0.15, 0.2) is 34.7 Å². The van der Waals surface area contributed by atoms with Gasteiger partial charge in [0.15, 0.2) is 0 Å². The number of anilines is 1. The molecule has 0 amide bonds. The van der Waals surface area contributed by atoms with E-state index < -0.39 is 0 Å². The van der Waals surface area contributed by atoms with Gasteiger partial charge in [0, 0.05) is 10.9 Å². The van der Waals surface area contributed by atoms with Gasteiger partial charge >= 0.3 is 0 Å². The monoisotopic (exact) mass is 346 g/mol. The number of hydrogen-bond donors (Lipinski definition) is 1. The van der Waals surface area contributed by atoms with Crippen molar-refractivity contribution in [2.24, 2.45) is 5.10 Å². The Morgan fingerprint density at radius 3 is 2.57 bits per heavy atom. The van der Waals surface area contributed by atoms with Crippen LogP contribution in [-0.2, 0) is 0 Å². The van der Waals surface area contributed by atoms with Gasteiger partial charge in [-0.1, -0.05) is 0 Å². The largest absolute Gasteiger partial charge is 0.252 e. The number of hydrogen-bond acceptors (Lipinski definition) is 6. The van der Waals surface area contributed by atoms with Crippen molar-refractivity contribution in [3.8, 4) is 11.3 Å². The summed E-state index contributed by atoms with van der Waals surface area (Å²) in [6.07, 6.45) is 0. The maximum atomic E-state index is 13.0. The Bertz CT molecular complexity index is 849. The fourth-order valence-corrected chi connectivity index (χ4v) is 3.65. The van der Waals surface area contributed by atoms with Crippen LogP contribution in [0.25, 0.3) is 11.3 Å². The van der Waals surface area contributed by atoms with E-state index in [1.165, 1.54) is 23.5 Å². The first-order valence-electron chi connectivity index (χ1n) is 6.99. The van der Waals surface area contributed by atoms with Crippen LogP contribution in [0.2, 0.25) is 0 Å². The van der Waals surface area contributed by atoms with Crippen molar-refractivity contribution in [3.05, 3.63) is 51.0 Å². The molecule has 0 radical (unpaired) electrons. The maximum Gasteiger partial charge on any atom is 0.203 e. The lowest BCUT2D eigenvalue weighted by Gasteiger charge is -1.99. The standard InChI is InChI=1S/C16H15FN4S2/c1-9-15(23-11(3)18-9)10(2)20-21-16-19-14(8-22-16)12-4-6-13(17)7-5-12/h4-8H,1-3H3,(H,19,21)/b20-10+. The van der Waals surface area contributed by atoms with Crippen LogP contribution in [0.4, 0.5) is 9.52 Å².